The van der Waals surface area contributed by atoms with Gasteiger partial charge < -0.3 is 10.2 Å². The fraction of sp³-hybridized carbons (Fsp3) is 0. The van der Waals surface area contributed by atoms with Crippen LogP contribution < -0.4 is 0 Å². The van der Waals surface area contributed by atoms with E-state index in [-0.39, 0.29) is 16.0 Å². The van der Waals surface area contributed by atoms with Gasteiger partial charge in [0.25, 0.3) is 0 Å². The molecular weight excluding hydrogens is 240 g/mol. The van der Waals surface area contributed by atoms with Crippen LogP contribution in [0.25, 0.3) is 0 Å². The van der Waals surface area contributed by atoms with Gasteiger partial charge >= 0.3 is 11.9 Å². The van der Waals surface area contributed by atoms with Crippen LogP contribution in [0.1, 0.15) is 20.7 Å². The number of carboxylic acids is 2. The van der Waals surface area contributed by atoms with Crippen LogP contribution in [0.2, 0.25) is 0 Å². The minimum Gasteiger partial charge on any atom is -0.478 e. The summed E-state index contributed by atoms with van der Waals surface area (Å²) in [5.74, 6) is -2.71. The molecule has 3 N–H and O–H groups in total. The van der Waals surface area contributed by atoms with E-state index in [1.165, 1.54) is 6.07 Å². The van der Waals surface area contributed by atoms with Crippen molar-refractivity contribution in [1.82, 2.24) is 0 Å². The fourth-order valence-corrected chi connectivity index (χ4v) is 1.39. The van der Waals surface area contributed by atoms with Crippen LogP contribution >= 0.6 is 12.0 Å². The normalized spacial score (nSPS) is 10.1. The molecular formula is C8H6O7S. The Morgan fingerprint density at radius 3 is 2.25 bits per heavy atom. The Labute approximate surface area is 93.3 Å². The highest BCUT2D eigenvalue weighted by Crippen LogP contribution is 2.22. The highest BCUT2D eigenvalue weighted by Gasteiger charge is 2.16. The lowest BCUT2D eigenvalue weighted by atomic mass is 10.1. The van der Waals surface area contributed by atoms with Gasteiger partial charge in [-0.2, -0.15) is 0 Å². The molecule has 0 amide bonds. The van der Waals surface area contributed by atoms with E-state index < -0.39 is 11.9 Å². The van der Waals surface area contributed by atoms with Crippen molar-refractivity contribution in [3.05, 3.63) is 29.3 Å². The zero-order chi connectivity index (χ0) is 12.1. The predicted octanol–water partition coefficient (Wildman–Crippen LogP) is 1.51. The molecule has 0 aliphatic heterocycles. The second kappa shape index (κ2) is 5.47. The van der Waals surface area contributed by atoms with E-state index in [9.17, 15) is 9.59 Å². The highest BCUT2D eigenvalue weighted by molar-refractivity contribution is 7.94. The quantitative estimate of drug-likeness (QED) is 0.407. The predicted molar refractivity (Wildman–Crippen MR) is 51.0 cm³/mol. The monoisotopic (exact) mass is 246 g/mol. The molecule has 0 aromatic heterocycles. The second-order valence-electron chi connectivity index (χ2n) is 2.54. The summed E-state index contributed by atoms with van der Waals surface area (Å²) in [5, 5.41) is 28.7. The summed E-state index contributed by atoms with van der Waals surface area (Å²) in [4.78, 5) is 21.7. The van der Waals surface area contributed by atoms with E-state index in [0.29, 0.717) is 12.0 Å². The van der Waals surface area contributed by atoms with Crippen LogP contribution in [0.15, 0.2) is 23.1 Å². The summed E-state index contributed by atoms with van der Waals surface area (Å²) < 4.78 is 4.09. The molecule has 7 nitrogen and oxygen atoms in total. The maximum Gasteiger partial charge on any atom is 0.336 e. The smallest absolute Gasteiger partial charge is 0.336 e. The van der Waals surface area contributed by atoms with Gasteiger partial charge in [-0.25, -0.2) is 14.8 Å². The number of rotatable bonds is 5. The van der Waals surface area contributed by atoms with Crippen LogP contribution in [0, 0.1) is 0 Å². The average molecular weight is 246 g/mol. The molecule has 1 aromatic rings. The Hall–Kier alpha value is -1.61. The van der Waals surface area contributed by atoms with E-state index in [0.717, 1.165) is 12.1 Å². The number of hydrogen-bond acceptors (Lipinski definition) is 6. The molecule has 0 atom stereocenters. The lowest BCUT2D eigenvalue weighted by molar-refractivity contribution is -0.432. The molecule has 1 rings (SSSR count). The fourth-order valence-electron chi connectivity index (χ4n) is 0.993. The molecule has 16 heavy (non-hydrogen) atoms. The third-order valence-electron chi connectivity index (χ3n) is 1.61. The first-order valence-corrected chi connectivity index (χ1v) is 4.56. The molecule has 1 aromatic carbocycles. The number of carboxylic acid groups (broad SMARTS) is 2. The van der Waals surface area contributed by atoms with Crippen LogP contribution in [0.4, 0.5) is 0 Å². The van der Waals surface area contributed by atoms with Crippen molar-refractivity contribution in [2.24, 2.45) is 0 Å². The van der Waals surface area contributed by atoms with Crippen LogP contribution in [0.3, 0.4) is 0 Å². The molecule has 0 heterocycles. The van der Waals surface area contributed by atoms with Crippen molar-refractivity contribution in [2.45, 2.75) is 4.90 Å². The number of aromatic carboxylic acids is 2. The van der Waals surface area contributed by atoms with Crippen LogP contribution in [0.5, 0.6) is 0 Å². The van der Waals surface area contributed by atoms with Gasteiger partial charge in [0.2, 0.25) is 0 Å². The van der Waals surface area contributed by atoms with Gasteiger partial charge in [0.15, 0.2) is 0 Å². The van der Waals surface area contributed by atoms with Gasteiger partial charge in [-0.1, -0.05) is 5.04 Å². The first-order chi connectivity index (χ1) is 7.56. The molecule has 0 fully saturated rings. The third-order valence-corrected chi connectivity index (χ3v) is 2.19. The first-order valence-electron chi connectivity index (χ1n) is 3.81. The molecule has 0 bridgehead atoms. The van der Waals surface area contributed by atoms with E-state index in [1.54, 1.807) is 0 Å². The maximum atomic E-state index is 10.8. The lowest BCUT2D eigenvalue weighted by Gasteiger charge is -2.03. The van der Waals surface area contributed by atoms with Crippen molar-refractivity contribution < 1.29 is 34.4 Å². The molecule has 0 aliphatic carbocycles. The molecule has 86 valence electrons. The number of benzene rings is 1. The lowest BCUT2D eigenvalue weighted by Crippen LogP contribution is -2.07. The second-order valence-corrected chi connectivity index (χ2v) is 3.32. The number of carbonyl (C=O) groups is 2. The largest absolute Gasteiger partial charge is 0.478 e. The van der Waals surface area contributed by atoms with Gasteiger partial charge in [0.05, 0.1) is 23.2 Å². The van der Waals surface area contributed by atoms with E-state index in [2.05, 4.69) is 9.37 Å². The van der Waals surface area contributed by atoms with Crippen LogP contribution in [-0.2, 0) is 9.37 Å². The first kappa shape index (κ1) is 12.5. The van der Waals surface area contributed by atoms with Crippen molar-refractivity contribution in [1.29, 1.82) is 0 Å². The van der Waals surface area contributed by atoms with Crippen molar-refractivity contribution in [3.63, 3.8) is 0 Å². The summed E-state index contributed by atoms with van der Waals surface area (Å²) in [6.07, 6.45) is 0. The zero-order valence-electron chi connectivity index (χ0n) is 7.61. The third kappa shape index (κ3) is 2.94. The summed E-state index contributed by atoms with van der Waals surface area (Å²) in [7, 11) is 0. The topological polar surface area (TPSA) is 113 Å². The summed E-state index contributed by atoms with van der Waals surface area (Å²) in [6, 6.07) is 3.53. The zero-order valence-corrected chi connectivity index (χ0v) is 8.43. The standard InChI is InChI=1S/C8H6O7S/c9-7(10)5-2-1-4(16-15-14-13)3-6(5)8(11)12/h1-3,13H,(H,9,10)(H,11,12). The molecule has 0 saturated heterocycles. The van der Waals surface area contributed by atoms with Crippen molar-refractivity contribution in [3.8, 4) is 0 Å². The summed E-state index contributed by atoms with van der Waals surface area (Å²) in [5.41, 5.74) is -0.708. The van der Waals surface area contributed by atoms with Gasteiger partial charge in [-0.05, 0) is 18.2 Å². The van der Waals surface area contributed by atoms with Gasteiger partial charge in [-0.15, -0.1) is 4.33 Å². The Morgan fingerprint density at radius 2 is 1.75 bits per heavy atom. The Bertz CT molecular complexity index is 417. The van der Waals surface area contributed by atoms with Crippen molar-refractivity contribution >= 4 is 24.0 Å². The van der Waals surface area contributed by atoms with Crippen LogP contribution in [-0.4, -0.2) is 27.4 Å². The summed E-state index contributed by atoms with van der Waals surface area (Å²) >= 11 is 0.544. The van der Waals surface area contributed by atoms with E-state index in [4.69, 9.17) is 15.5 Å². The van der Waals surface area contributed by atoms with Gasteiger partial charge in [0, 0.05) is 4.90 Å². The molecule has 0 saturated carbocycles. The Kier molecular flexibility index (Phi) is 4.26. The maximum absolute atomic E-state index is 10.8. The highest BCUT2D eigenvalue weighted by atomic mass is 32.2. The SMILES string of the molecule is O=C(O)c1ccc(SOOO)cc1C(=O)O. The van der Waals surface area contributed by atoms with Gasteiger partial charge in [-0.3, -0.25) is 0 Å². The molecule has 0 spiro atoms. The average Bonchev–Trinajstić information content (AvgIpc) is 2.25. The molecule has 8 heteroatoms. The Morgan fingerprint density at radius 1 is 1.12 bits per heavy atom. The summed E-state index contributed by atoms with van der Waals surface area (Å²) in [6.45, 7) is 0. The van der Waals surface area contributed by atoms with Gasteiger partial charge in [0.1, 0.15) is 0 Å². The molecule has 0 unspecified atom stereocenters. The minimum absolute atomic E-state index is 0.274. The molecule has 0 radical (unpaired) electrons. The van der Waals surface area contributed by atoms with E-state index in [1.807, 2.05) is 0 Å². The minimum atomic E-state index is -1.37. The van der Waals surface area contributed by atoms with Crippen molar-refractivity contribution in [2.75, 3.05) is 0 Å². The van der Waals surface area contributed by atoms with E-state index >= 15 is 0 Å². The molecule has 0 aliphatic rings. The number of hydrogen-bond donors (Lipinski definition) is 3. The Balaban J connectivity index is 3.07.